The van der Waals surface area contributed by atoms with Crippen molar-refractivity contribution in [3.8, 4) is 0 Å². The quantitative estimate of drug-likeness (QED) is 0.572. The molecule has 1 aliphatic rings. The minimum absolute atomic E-state index is 0.145. The SMILES string of the molecule is CCCCCCN1C=NCC1=O. The topological polar surface area (TPSA) is 32.7 Å². The smallest absolute Gasteiger partial charge is 0.249 e. The number of aliphatic imine (C=N–C) groups is 1. The molecule has 3 nitrogen and oxygen atoms in total. The number of carbonyl (C=O) groups is 1. The van der Waals surface area contributed by atoms with Gasteiger partial charge in [0.2, 0.25) is 5.91 Å². The van der Waals surface area contributed by atoms with Gasteiger partial charge in [-0.3, -0.25) is 9.79 Å². The van der Waals surface area contributed by atoms with Crippen LogP contribution in [0.3, 0.4) is 0 Å². The van der Waals surface area contributed by atoms with Crippen molar-refractivity contribution in [3.05, 3.63) is 0 Å². The van der Waals surface area contributed by atoms with Gasteiger partial charge in [0.25, 0.3) is 0 Å². The Kier molecular flexibility index (Phi) is 3.77. The van der Waals surface area contributed by atoms with E-state index in [2.05, 4.69) is 11.9 Å². The third kappa shape index (κ3) is 2.64. The highest BCUT2D eigenvalue weighted by atomic mass is 16.2. The Bertz CT molecular complexity index is 177. The molecule has 0 saturated carbocycles. The second kappa shape index (κ2) is 4.91. The fraction of sp³-hybridized carbons (Fsp3) is 0.778. The van der Waals surface area contributed by atoms with Crippen LogP contribution in [0.25, 0.3) is 0 Å². The zero-order valence-electron chi connectivity index (χ0n) is 7.62. The first-order valence-corrected chi connectivity index (χ1v) is 4.64. The molecule has 1 heterocycles. The molecule has 1 aliphatic heterocycles. The molecule has 0 aliphatic carbocycles. The molecule has 0 saturated heterocycles. The van der Waals surface area contributed by atoms with Gasteiger partial charge in [0.05, 0.1) is 6.34 Å². The maximum Gasteiger partial charge on any atom is 0.249 e. The van der Waals surface area contributed by atoms with Crippen LogP contribution in [0.4, 0.5) is 0 Å². The first kappa shape index (κ1) is 9.23. The van der Waals surface area contributed by atoms with Crippen LogP contribution in [-0.2, 0) is 4.79 Å². The van der Waals surface area contributed by atoms with E-state index in [9.17, 15) is 4.79 Å². The lowest BCUT2D eigenvalue weighted by Gasteiger charge is -2.10. The molecule has 0 unspecified atom stereocenters. The summed E-state index contributed by atoms with van der Waals surface area (Å²) in [6, 6.07) is 0. The average Bonchev–Trinajstić information content (AvgIpc) is 2.46. The van der Waals surface area contributed by atoms with Crippen molar-refractivity contribution in [1.82, 2.24) is 4.90 Å². The van der Waals surface area contributed by atoms with E-state index in [1.165, 1.54) is 19.3 Å². The van der Waals surface area contributed by atoms with Crippen molar-refractivity contribution >= 4 is 12.2 Å². The van der Waals surface area contributed by atoms with Gasteiger partial charge in [-0.25, -0.2) is 0 Å². The molecule has 12 heavy (non-hydrogen) atoms. The fourth-order valence-electron chi connectivity index (χ4n) is 1.26. The van der Waals surface area contributed by atoms with Gasteiger partial charge >= 0.3 is 0 Å². The normalized spacial score (nSPS) is 16.1. The summed E-state index contributed by atoms with van der Waals surface area (Å²) in [6.45, 7) is 3.39. The van der Waals surface area contributed by atoms with Crippen LogP contribution in [0, 0.1) is 0 Å². The zero-order valence-corrected chi connectivity index (χ0v) is 7.62. The van der Waals surface area contributed by atoms with Gasteiger partial charge in [0, 0.05) is 6.54 Å². The molecule has 3 heteroatoms. The van der Waals surface area contributed by atoms with E-state index in [0.29, 0.717) is 6.54 Å². The Morgan fingerprint density at radius 2 is 2.33 bits per heavy atom. The summed E-state index contributed by atoms with van der Waals surface area (Å²) in [5.74, 6) is 0.145. The largest absolute Gasteiger partial charge is 0.302 e. The number of hydrogen-bond donors (Lipinski definition) is 0. The summed E-state index contributed by atoms with van der Waals surface area (Å²) in [5.41, 5.74) is 0. The van der Waals surface area contributed by atoms with Crippen LogP contribution < -0.4 is 0 Å². The van der Waals surface area contributed by atoms with E-state index in [1.54, 1.807) is 11.2 Å². The molecule has 0 aromatic carbocycles. The molecule has 0 N–H and O–H groups in total. The van der Waals surface area contributed by atoms with Crippen LogP contribution in [0.15, 0.2) is 4.99 Å². The summed E-state index contributed by atoms with van der Waals surface area (Å²) in [6.07, 6.45) is 6.48. The van der Waals surface area contributed by atoms with Gasteiger partial charge in [-0.05, 0) is 6.42 Å². The summed E-state index contributed by atoms with van der Waals surface area (Å²) < 4.78 is 0. The van der Waals surface area contributed by atoms with Gasteiger partial charge in [-0.2, -0.15) is 0 Å². The fourth-order valence-corrected chi connectivity index (χ4v) is 1.26. The summed E-state index contributed by atoms with van der Waals surface area (Å²) >= 11 is 0. The summed E-state index contributed by atoms with van der Waals surface area (Å²) in [4.78, 5) is 16.7. The highest BCUT2D eigenvalue weighted by Gasteiger charge is 2.14. The van der Waals surface area contributed by atoms with E-state index in [-0.39, 0.29) is 5.91 Å². The molecule has 0 aromatic rings. The molecular formula is C9H16N2O. The molecular weight excluding hydrogens is 152 g/mol. The van der Waals surface area contributed by atoms with E-state index in [4.69, 9.17) is 0 Å². The predicted molar refractivity (Wildman–Crippen MR) is 49.2 cm³/mol. The minimum Gasteiger partial charge on any atom is -0.302 e. The monoisotopic (exact) mass is 168 g/mol. The molecule has 68 valence electrons. The van der Waals surface area contributed by atoms with Crippen LogP contribution in [0.2, 0.25) is 0 Å². The summed E-state index contributed by atoms with van der Waals surface area (Å²) in [5, 5.41) is 0. The number of rotatable bonds is 5. The maximum absolute atomic E-state index is 11.0. The van der Waals surface area contributed by atoms with Gasteiger partial charge in [0.1, 0.15) is 6.54 Å². The number of carbonyl (C=O) groups excluding carboxylic acids is 1. The van der Waals surface area contributed by atoms with Crippen LogP contribution in [0.1, 0.15) is 32.6 Å². The van der Waals surface area contributed by atoms with Crippen LogP contribution in [0.5, 0.6) is 0 Å². The van der Waals surface area contributed by atoms with Gasteiger partial charge < -0.3 is 4.90 Å². The van der Waals surface area contributed by atoms with Gasteiger partial charge in [0.15, 0.2) is 0 Å². The highest BCUT2D eigenvalue weighted by molar-refractivity contribution is 5.93. The molecule has 1 amide bonds. The molecule has 0 spiro atoms. The molecule has 0 aromatic heterocycles. The molecule has 1 rings (SSSR count). The lowest BCUT2D eigenvalue weighted by Crippen LogP contribution is -2.26. The molecule has 0 atom stereocenters. The second-order valence-electron chi connectivity index (χ2n) is 3.10. The molecule has 0 radical (unpaired) electrons. The number of nitrogens with zero attached hydrogens (tertiary/aromatic N) is 2. The van der Waals surface area contributed by atoms with E-state index in [1.807, 2.05) is 0 Å². The van der Waals surface area contributed by atoms with E-state index in [0.717, 1.165) is 13.0 Å². The van der Waals surface area contributed by atoms with Crippen molar-refractivity contribution in [1.29, 1.82) is 0 Å². The number of unbranched alkanes of at least 4 members (excludes halogenated alkanes) is 3. The third-order valence-corrected chi connectivity index (χ3v) is 2.02. The molecule has 0 bridgehead atoms. The van der Waals surface area contributed by atoms with Crippen LogP contribution >= 0.6 is 0 Å². The maximum atomic E-state index is 11.0. The predicted octanol–water partition coefficient (Wildman–Crippen LogP) is 1.44. The lowest BCUT2D eigenvalue weighted by atomic mass is 10.2. The first-order valence-electron chi connectivity index (χ1n) is 4.64. The first-order chi connectivity index (χ1) is 5.84. The van der Waals surface area contributed by atoms with E-state index >= 15 is 0 Å². The van der Waals surface area contributed by atoms with Gasteiger partial charge in [-0.1, -0.05) is 26.2 Å². The second-order valence-corrected chi connectivity index (χ2v) is 3.10. The Morgan fingerprint density at radius 3 is 2.92 bits per heavy atom. The minimum atomic E-state index is 0.145. The molecule has 0 fully saturated rings. The Hall–Kier alpha value is -0.860. The highest BCUT2D eigenvalue weighted by Crippen LogP contribution is 2.02. The van der Waals surface area contributed by atoms with Crippen molar-refractivity contribution < 1.29 is 4.79 Å². The van der Waals surface area contributed by atoms with Crippen molar-refractivity contribution in [2.24, 2.45) is 4.99 Å². The number of amides is 1. The number of hydrogen-bond acceptors (Lipinski definition) is 2. The third-order valence-electron chi connectivity index (χ3n) is 2.02. The van der Waals surface area contributed by atoms with Crippen molar-refractivity contribution in [2.45, 2.75) is 32.6 Å². The van der Waals surface area contributed by atoms with E-state index < -0.39 is 0 Å². The zero-order chi connectivity index (χ0) is 8.81. The summed E-state index contributed by atoms with van der Waals surface area (Å²) in [7, 11) is 0. The Morgan fingerprint density at radius 1 is 1.50 bits per heavy atom. The van der Waals surface area contributed by atoms with Crippen LogP contribution in [-0.4, -0.2) is 30.2 Å². The Balaban J connectivity index is 2.06. The lowest BCUT2D eigenvalue weighted by molar-refractivity contribution is -0.124. The Labute approximate surface area is 73.5 Å². The van der Waals surface area contributed by atoms with Crippen molar-refractivity contribution in [2.75, 3.05) is 13.1 Å². The standard InChI is InChI=1S/C9H16N2O/c1-2-3-4-5-6-11-8-10-7-9(11)12/h8H,2-7H2,1H3. The van der Waals surface area contributed by atoms with Crippen molar-refractivity contribution in [3.63, 3.8) is 0 Å². The average molecular weight is 168 g/mol. The van der Waals surface area contributed by atoms with Gasteiger partial charge in [-0.15, -0.1) is 0 Å².